The predicted octanol–water partition coefficient (Wildman–Crippen LogP) is 4.68. The smallest absolute Gasteiger partial charge is 0.343 e. The van der Waals surface area contributed by atoms with Crippen molar-refractivity contribution in [3.8, 4) is 0 Å². The molecule has 2 aromatic carbocycles. The molecule has 0 radical (unpaired) electrons. The molecule has 0 N–H and O–H groups in total. The van der Waals surface area contributed by atoms with E-state index >= 15 is 0 Å². The van der Waals surface area contributed by atoms with E-state index in [-0.39, 0.29) is 29.3 Å². The monoisotopic (exact) mass is 457 g/mol. The van der Waals surface area contributed by atoms with E-state index in [0.29, 0.717) is 17.3 Å². The number of hydrogen-bond donors (Lipinski definition) is 0. The number of nitrogens with zero attached hydrogens (tertiary/aromatic N) is 3. The number of carbonyl (C=O) groups is 2. The molecule has 0 saturated carbocycles. The summed E-state index contributed by atoms with van der Waals surface area (Å²) in [6, 6.07) is 15.1. The molecule has 1 unspecified atom stereocenters. The van der Waals surface area contributed by atoms with Crippen LogP contribution in [-0.4, -0.2) is 34.3 Å². The fourth-order valence-electron chi connectivity index (χ4n) is 3.89. The van der Waals surface area contributed by atoms with Crippen LogP contribution in [0, 0.1) is 6.92 Å². The topological polar surface area (TPSA) is 64.4 Å². The molecule has 31 heavy (non-hydrogen) atoms. The molecule has 1 aliphatic heterocycles. The second-order valence-electron chi connectivity index (χ2n) is 7.52. The van der Waals surface area contributed by atoms with Crippen LogP contribution in [0.15, 0.2) is 48.5 Å². The quantitative estimate of drug-likeness (QED) is 0.521. The summed E-state index contributed by atoms with van der Waals surface area (Å²) in [5.41, 5.74) is 3.36. The molecule has 8 heteroatoms. The maximum Gasteiger partial charge on any atom is 0.343 e. The summed E-state index contributed by atoms with van der Waals surface area (Å²) in [6.45, 7) is 3.59. The lowest BCUT2D eigenvalue weighted by molar-refractivity contribution is -0.122. The molecule has 0 spiro atoms. The highest BCUT2D eigenvalue weighted by Crippen LogP contribution is 2.32. The number of fused-ring (bicyclic) bond motifs is 1. The van der Waals surface area contributed by atoms with Gasteiger partial charge in [0.15, 0.2) is 6.61 Å². The third-order valence-corrected chi connectivity index (χ3v) is 6.10. The molecular formula is C23H21Cl2N3O3. The first-order valence-electron chi connectivity index (χ1n) is 9.90. The molecule has 0 bridgehead atoms. The lowest BCUT2D eigenvalue weighted by Crippen LogP contribution is -2.38. The Bertz CT molecular complexity index is 1160. The van der Waals surface area contributed by atoms with Crippen molar-refractivity contribution < 1.29 is 14.3 Å². The maximum atomic E-state index is 12.8. The molecule has 3 aromatic rings. The van der Waals surface area contributed by atoms with Gasteiger partial charge in [-0.1, -0.05) is 59.6 Å². The Kier molecular flexibility index (Phi) is 6.03. The lowest BCUT2D eigenvalue weighted by atomic mass is 10.1. The van der Waals surface area contributed by atoms with Crippen LogP contribution in [0.4, 0.5) is 5.69 Å². The van der Waals surface area contributed by atoms with Gasteiger partial charge < -0.3 is 9.64 Å². The molecule has 6 nitrogen and oxygen atoms in total. The molecular weight excluding hydrogens is 437 g/mol. The Balaban J connectivity index is 1.46. The van der Waals surface area contributed by atoms with Crippen molar-refractivity contribution in [1.82, 2.24) is 9.78 Å². The van der Waals surface area contributed by atoms with E-state index in [1.165, 1.54) is 4.68 Å². The normalized spacial score (nSPS) is 15.1. The minimum Gasteiger partial charge on any atom is -0.452 e. The van der Waals surface area contributed by atoms with Crippen LogP contribution < -0.4 is 4.90 Å². The van der Waals surface area contributed by atoms with Gasteiger partial charge >= 0.3 is 5.97 Å². The summed E-state index contributed by atoms with van der Waals surface area (Å²) in [5, 5.41) is 5.08. The highest BCUT2D eigenvalue weighted by Gasteiger charge is 2.31. The standard InChI is InChI=1S/C23H21Cl2N3O3/c1-14-11-16-7-4-6-10-19(16)28(14)20(29)13-31-23(30)21-15(2)26-27(22(21)25)12-17-8-3-5-9-18(17)24/h3-10,14H,11-13H2,1-2H3. The third-order valence-electron chi connectivity index (χ3n) is 5.35. The van der Waals surface area contributed by atoms with Gasteiger partial charge in [0.2, 0.25) is 0 Å². The second-order valence-corrected chi connectivity index (χ2v) is 8.29. The number of carbonyl (C=O) groups excluding carboxylic acids is 2. The van der Waals surface area contributed by atoms with Crippen molar-refractivity contribution in [1.29, 1.82) is 0 Å². The summed E-state index contributed by atoms with van der Waals surface area (Å²) in [5.74, 6) is -0.954. The Labute approximate surface area is 190 Å². The zero-order chi connectivity index (χ0) is 22.1. The van der Waals surface area contributed by atoms with E-state index in [2.05, 4.69) is 5.10 Å². The average Bonchev–Trinajstić information content (AvgIpc) is 3.22. The molecule has 2 heterocycles. The van der Waals surface area contributed by atoms with Gasteiger partial charge in [0.05, 0.1) is 12.2 Å². The second kappa shape index (κ2) is 8.73. The Hall–Kier alpha value is -2.83. The maximum absolute atomic E-state index is 12.8. The van der Waals surface area contributed by atoms with Gasteiger partial charge in [0, 0.05) is 16.8 Å². The summed E-state index contributed by atoms with van der Waals surface area (Å²) >= 11 is 12.6. The van der Waals surface area contributed by atoms with Crippen molar-refractivity contribution in [3.05, 3.63) is 81.1 Å². The van der Waals surface area contributed by atoms with Crippen molar-refractivity contribution >= 4 is 40.8 Å². The molecule has 4 rings (SSSR count). The number of hydrogen-bond acceptors (Lipinski definition) is 4. The van der Waals surface area contributed by atoms with Crippen LogP contribution in [-0.2, 0) is 22.5 Å². The van der Waals surface area contributed by atoms with Crippen LogP contribution in [0.1, 0.15) is 34.1 Å². The molecule has 0 saturated heterocycles. The van der Waals surface area contributed by atoms with Crippen LogP contribution in [0.3, 0.4) is 0 Å². The molecule has 1 amide bonds. The Morgan fingerprint density at radius 1 is 1.13 bits per heavy atom. The summed E-state index contributed by atoms with van der Waals surface area (Å²) in [4.78, 5) is 27.2. The number of aromatic nitrogens is 2. The zero-order valence-corrected chi connectivity index (χ0v) is 18.7. The Morgan fingerprint density at radius 3 is 2.61 bits per heavy atom. The number of aryl methyl sites for hydroxylation is 1. The summed E-state index contributed by atoms with van der Waals surface area (Å²) < 4.78 is 6.82. The van der Waals surface area contributed by atoms with Gasteiger partial charge in [-0.05, 0) is 43.5 Å². The molecule has 160 valence electrons. The van der Waals surface area contributed by atoms with E-state index in [1.54, 1.807) is 17.9 Å². The Morgan fingerprint density at radius 2 is 1.84 bits per heavy atom. The van der Waals surface area contributed by atoms with Crippen molar-refractivity contribution in [2.45, 2.75) is 32.9 Å². The molecule has 1 aromatic heterocycles. The first kappa shape index (κ1) is 21.4. The van der Waals surface area contributed by atoms with Crippen molar-refractivity contribution in [3.63, 3.8) is 0 Å². The lowest BCUT2D eigenvalue weighted by Gasteiger charge is -2.22. The fraction of sp³-hybridized carbons (Fsp3) is 0.261. The largest absolute Gasteiger partial charge is 0.452 e. The fourth-order valence-corrected chi connectivity index (χ4v) is 4.40. The number of halogens is 2. The van der Waals surface area contributed by atoms with E-state index in [1.807, 2.05) is 49.4 Å². The highest BCUT2D eigenvalue weighted by atomic mass is 35.5. The number of anilines is 1. The number of ether oxygens (including phenoxy) is 1. The highest BCUT2D eigenvalue weighted by molar-refractivity contribution is 6.33. The van der Waals surface area contributed by atoms with Crippen LogP contribution in [0.25, 0.3) is 0 Å². The average molecular weight is 458 g/mol. The number of rotatable bonds is 5. The van der Waals surface area contributed by atoms with Gasteiger partial charge in [0.1, 0.15) is 10.7 Å². The minimum atomic E-state index is -0.679. The van der Waals surface area contributed by atoms with E-state index in [0.717, 1.165) is 23.2 Å². The van der Waals surface area contributed by atoms with Gasteiger partial charge in [-0.15, -0.1) is 0 Å². The summed E-state index contributed by atoms with van der Waals surface area (Å²) in [6.07, 6.45) is 0.773. The minimum absolute atomic E-state index is 0.00676. The van der Waals surface area contributed by atoms with E-state index in [4.69, 9.17) is 27.9 Å². The van der Waals surface area contributed by atoms with Gasteiger partial charge in [-0.25, -0.2) is 9.48 Å². The van der Waals surface area contributed by atoms with Gasteiger partial charge in [0.25, 0.3) is 5.91 Å². The van der Waals surface area contributed by atoms with Crippen LogP contribution in [0.5, 0.6) is 0 Å². The van der Waals surface area contributed by atoms with Crippen LogP contribution in [0.2, 0.25) is 10.2 Å². The van der Waals surface area contributed by atoms with Gasteiger partial charge in [-0.2, -0.15) is 5.10 Å². The van der Waals surface area contributed by atoms with Gasteiger partial charge in [-0.3, -0.25) is 4.79 Å². The molecule has 1 atom stereocenters. The number of benzene rings is 2. The first-order valence-corrected chi connectivity index (χ1v) is 10.7. The van der Waals surface area contributed by atoms with Crippen LogP contribution >= 0.6 is 23.2 Å². The van der Waals surface area contributed by atoms with Crippen molar-refractivity contribution in [2.75, 3.05) is 11.5 Å². The predicted molar refractivity (Wildman–Crippen MR) is 120 cm³/mol. The molecule has 0 fully saturated rings. The van der Waals surface area contributed by atoms with Crippen molar-refractivity contribution in [2.24, 2.45) is 0 Å². The molecule has 0 aliphatic carbocycles. The number of para-hydroxylation sites is 1. The van der Waals surface area contributed by atoms with E-state index < -0.39 is 5.97 Å². The summed E-state index contributed by atoms with van der Waals surface area (Å²) in [7, 11) is 0. The number of esters is 1. The zero-order valence-electron chi connectivity index (χ0n) is 17.1. The molecule has 1 aliphatic rings. The first-order chi connectivity index (χ1) is 14.9. The number of amides is 1. The SMILES string of the molecule is Cc1nn(Cc2ccccc2Cl)c(Cl)c1C(=O)OCC(=O)N1c2ccccc2CC1C. The van der Waals surface area contributed by atoms with E-state index in [9.17, 15) is 9.59 Å². The third kappa shape index (κ3) is 4.18.